The molecular weight excluding hydrogens is 394 g/mol. The van der Waals surface area contributed by atoms with Gasteiger partial charge >= 0.3 is 0 Å². The van der Waals surface area contributed by atoms with Crippen LogP contribution in [0.25, 0.3) is 16.8 Å². The van der Waals surface area contributed by atoms with Crippen molar-refractivity contribution >= 4 is 17.4 Å². The van der Waals surface area contributed by atoms with Crippen molar-refractivity contribution in [1.29, 1.82) is 0 Å². The van der Waals surface area contributed by atoms with E-state index in [0.717, 1.165) is 29.7 Å². The first kappa shape index (κ1) is 19.2. The highest BCUT2D eigenvalue weighted by atomic mass is 32.2. The second-order valence-corrected chi connectivity index (χ2v) is 8.76. The summed E-state index contributed by atoms with van der Waals surface area (Å²) in [4.78, 5) is 18.3. The van der Waals surface area contributed by atoms with Crippen molar-refractivity contribution in [1.82, 2.24) is 14.6 Å². The first-order chi connectivity index (χ1) is 14.8. The molecule has 1 fully saturated rings. The fraction of sp³-hybridized carbons (Fsp3) is 0.250. The number of ether oxygens (including phenoxy) is 1. The van der Waals surface area contributed by atoms with Gasteiger partial charge in [-0.05, 0) is 42.7 Å². The van der Waals surface area contributed by atoms with E-state index < -0.39 is 0 Å². The maximum atomic E-state index is 12.5. The second-order valence-electron chi connectivity index (χ2n) is 7.61. The summed E-state index contributed by atoms with van der Waals surface area (Å²) in [7, 11) is 0. The molecule has 0 spiro atoms. The van der Waals surface area contributed by atoms with Crippen LogP contribution in [0.5, 0.6) is 0 Å². The number of nitrogens with one attached hydrogen (secondary N) is 1. The van der Waals surface area contributed by atoms with Crippen LogP contribution in [0.4, 0.5) is 0 Å². The van der Waals surface area contributed by atoms with Gasteiger partial charge in [0.25, 0.3) is 5.56 Å². The van der Waals surface area contributed by atoms with Crippen molar-refractivity contribution in [3.05, 3.63) is 82.9 Å². The molecule has 0 radical (unpaired) electrons. The third kappa shape index (κ3) is 4.06. The summed E-state index contributed by atoms with van der Waals surface area (Å²) in [5.41, 5.74) is 3.28. The number of nitrogens with zero attached hydrogens (tertiary/aromatic N) is 2. The van der Waals surface area contributed by atoms with E-state index in [1.807, 2.05) is 18.2 Å². The van der Waals surface area contributed by atoms with Crippen LogP contribution in [0.3, 0.4) is 0 Å². The molecule has 0 bridgehead atoms. The third-order valence-corrected chi connectivity index (χ3v) is 6.49. The zero-order valence-corrected chi connectivity index (χ0v) is 17.4. The first-order valence-corrected chi connectivity index (χ1v) is 11.1. The minimum atomic E-state index is -0.142. The molecular formula is C24H23N3O2S. The lowest BCUT2D eigenvalue weighted by atomic mass is 10.1. The summed E-state index contributed by atoms with van der Waals surface area (Å²) >= 11 is 1.73. The molecule has 1 aliphatic carbocycles. The minimum Gasteiger partial charge on any atom is -0.372 e. The van der Waals surface area contributed by atoms with Gasteiger partial charge in [-0.3, -0.25) is 4.79 Å². The van der Waals surface area contributed by atoms with E-state index in [9.17, 15) is 4.79 Å². The van der Waals surface area contributed by atoms with E-state index in [4.69, 9.17) is 4.74 Å². The number of benzene rings is 2. The van der Waals surface area contributed by atoms with Gasteiger partial charge in [0.05, 0.1) is 18.9 Å². The largest absolute Gasteiger partial charge is 0.372 e. The minimum absolute atomic E-state index is 0.142. The summed E-state index contributed by atoms with van der Waals surface area (Å²) in [6.07, 6.45) is 6.73. The number of rotatable bonds is 6. The zero-order valence-electron chi connectivity index (χ0n) is 16.6. The monoisotopic (exact) mass is 417 g/mol. The summed E-state index contributed by atoms with van der Waals surface area (Å²) in [5.74, 6) is 0. The fourth-order valence-corrected chi connectivity index (χ4v) is 4.75. The smallest absolute Gasteiger partial charge is 0.274 e. The topological polar surface area (TPSA) is 59.4 Å². The highest BCUT2D eigenvalue weighted by Gasteiger charge is 2.16. The molecule has 6 heteroatoms. The molecule has 2 aromatic heterocycles. The number of aromatic amines is 1. The van der Waals surface area contributed by atoms with Crippen molar-refractivity contribution in [2.45, 2.75) is 48.2 Å². The van der Waals surface area contributed by atoms with Gasteiger partial charge in [-0.1, -0.05) is 54.9 Å². The van der Waals surface area contributed by atoms with Crippen molar-refractivity contribution in [2.75, 3.05) is 0 Å². The Morgan fingerprint density at radius 3 is 2.53 bits per heavy atom. The van der Waals surface area contributed by atoms with Crippen LogP contribution < -0.4 is 5.56 Å². The lowest BCUT2D eigenvalue weighted by Crippen LogP contribution is -2.17. The van der Waals surface area contributed by atoms with Crippen LogP contribution in [0, 0.1) is 0 Å². The molecule has 0 saturated heterocycles. The Bertz CT molecular complexity index is 1190. The Balaban J connectivity index is 1.40. The van der Waals surface area contributed by atoms with Gasteiger partial charge in [0.15, 0.2) is 0 Å². The predicted octanol–water partition coefficient (Wildman–Crippen LogP) is 5.30. The SMILES string of the molecule is O=c1cc(COC2CCCC2)[nH]c2c(-c3ccc(Sc4ccccc4)cc3)cnn12. The summed E-state index contributed by atoms with van der Waals surface area (Å²) in [6.45, 7) is 0.424. The van der Waals surface area contributed by atoms with Crippen LogP contribution in [0.2, 0.25) is 0 Å². The predicted molar refractivity (Wildman–Crippen MR) is 119 cm³/mol. The molecule has 152 valence electrons. The van der Waals surface area contributed by atoms with E-state index >= 15 is 0 Å². The maximum Gasteiger partial charge on any atom is 0.274 e. The van der Waals surface area contributed by atoms with Gasteiger partial charge in [-0.15, -0.1) is 0 Å². The van der Waals surface area contributed by atoms with Gasteiger partial charge in [0, 0.05) is 27.1 Å². The number of hydrogen-bond donors (Lipinski definition) is 1. The van der Waals surface area contributed by atoms with Crippen molar-refractivity contribution < 1.29 is 4.74 Å². The van der Waals surface area contributed by atoms with E-state index in [1.54, 1.807) is 24.0 Å². The molecule has 5 rings (SSSR count). The van der Waals surface area contributed by atoms with Crippen LogP contribution >= 0.6 is 11.8 Å². The van der Waals surface area contributed by atoms with E-state index in [0.29, 0.717) is 18.4 Å². The Hall–Kier alpha value is -2.83. The van der Waals surface area contributed by atoms with Gasteiger partial charge in [0.1, 0.15) is 5.65 Å². The molecule has 1 N–H and O–H groups in total. The molecule has 2 heterocycles. The lowest BCUT2D eigenvalue weighted by molar-refractivity contribution is 0.0438. The van der Waals surface area contributed by atoms with Gasteiger partial charge in [0.2, 0.25) is 0 Å². The molecule has 4 aromatic rings. The Labute approximate surface area is 179 Å². The lowest BCUT2D eigenvalue weighted by Gasteiger charge is -2.11. The van der Waals surface area contributed by atoms with Gasteiger partial charge in [-0.25, -0.2) is 0 Å². The summed E-state index contributed by atoms with van der Waals surface area (Å²) in [5, 5.41) is 4.29. The van der Waals surface area contributed by atoms with E-state index in [-0.39, 0.29) is 5.56 Å². The normalized spacial score (nSPS) is 14.5. The number of hydrogen-bond acceptors (Lipinski definition) is 4. The zero-order chi connectivity index (χ0) is 20.3. The average molecular weight is 418 g/mol. The Kier molecular flexibility index (Phi) is 5.43. The maximum absolute atomic E-state index is 12.5. The van der Waals surface area contributed by atoms with Crippen LogP contribution in [0.15, 0.2) is 81.4 Å². The molecule has 1 saturated carbocycles. The summed E-state index contributed by atoms with van der Waals surface area (Å²) < 4.78 is 7.40. The third-order valence-electron chi connectivity index (χ3n) is 5.48. The Morgan fingerprint density at radius 2 is 1.77 bits per heavy atom. The van der Waals surface area contributed by atoms with Crippen molar-refractivity contribution in [2.24, 2.45) is 0 Å². The Morgan fingerprint density at radius 1 is 1.03 bits per heavy atom. The second kappa shape index (κ2) is 8.50. The van der Waals surface area contributed by atoms with E-state index in [2.05, 4.69) is 46.5 Å². The molecule has 0 amide bonds. The highest BCUT2D eigenvalue weighted by Crippen LogP contribution is 2.30. The van der Waals surface area contributed by atoms with Gasteiger partial charge in [-0.2, -0.15) is 9.61 Å². The average Bonchev–Trinajstić information content (AvgIpc) is 3.44. The first-order valence-electron chi connectivity index (χ1n) is 10.3. The van der Waals surface area contributed by atoms with Gasteiger partial charge < -0.3 is 9.72 Å². The number of H-pyrrole nitrogens is 1. The molecule has 1 aliphatic rings. The van der Waals surface area contributed by atoms with Crippen LogP contribution in [-0.4, -0.2) is 20.7 Å². The number of fused-ring (bicyclic) bond motifs is 1. The molecule has 2 aromatic carbocycles. The highest BCUT2D eigenvalue weighted by molar-refractivity contribution is 7.99. The van der Waals surface area contributed by atoms with Crippen LogP contribution in [-0.2, 0) is 11.3 Å². The fourth-order valence-electron chi connectivity index (χ4n) is 3.91. The molecule has 0 atom stereocenters. The molecule has 5 nitrogen and oxygen atoms in total. The van der Waals surface area contributed by atoms with Crippen molar-refractivity contribution in [3.63, 3.8) is 0 Å². The molecule has 0 unspecified atom stereocenters. The van der Waals surface area contributed by atoms with Crippen LogP contribution in [0.1, 0.15) is 31.4 Å². The molecule has 0 aliphatic heterocycles. The number of aromatic nitrogens is 3. The summed E-state index contributed by atoms with van der Waals surface area (Å²) in [6, 6.07) is 20.2. The molecule has 30 heavy (non-hydrogen) atoms. The van der Waals surface area contributed by atoms with E-state index in [1.165, 1.54) is 27.1 Å². The standard InChI is InChI=1S/C24H23N3O2S/c28-23-14-18(16-29-19-6-4-5-7-19)26-24-22(15-25-27(23)24)17-10-12-21(13-11-17)30-20-8-2-1-3-9-20/h1-3,8-15,19,26H,4-7,16H2. The van der Waals surface area contributed by atoms with Crippen molar-refractivity contribution in [3.8, 4) is 11.1 Å². The quantitative estimate of drug-likeness (QED) is 0.462.